The molecule has 1 atom stereocenters. The van der Waals surface area contributed by atoms with E-state index in [1.165, 1.54) is 11.4 Å². The molecule has 1 aromatic heterocycles. The van der Waals surface area contributed by atoms with Crippen LogP contribution in [0.1, 0.15) is 10.7 Å². The number of ether oxygens (including phenoxy) is 1. The number of methoxy groups -OCH3 is 1. The third-order valence-electron chi connectivity index (χ3n) is 3.24. The predicted octanol–water partition coefficient (Wildman–Crippen LogP) is 0.480. The monoisotopic (exact) mass is 320 g/mol. The molecule has 2 heterocycles. The highest BCUT2D eigenvalue weighted by Gasteiger charge is 2.44. The van der Waals surface area contributed by atoms with Gasteiger partial charge in [-0.2, -0.15) is 4.31 Å². The molecule has 20 heavy (non-hydrogen) atoms. The number of aliphatic carboxylic acids is 1. The lowest BCUT2D eigenvalue weighted by Crippen LogP contribution is -2.56. The maximum absolute atomic E-state index is 12.4. The first-order valence-corrected chi connectivity index (χ1v) is 8.22. The van der Waals surface area contributed by atoms with Crippen LogP contribution in [0, 0.1) is 19.8 Å². The number of carboxylic acids is 1. The molecular formula is C11H16N2O5S2. The maximum Gasteiger partial charge on any atom is 0.333 e. The maximum atomic E-state index is 12.4. The Balaban J connectivity index is 2.12. The second kappa shape index (κ2) is 5.40. The van der Waals surface area contributed by atoms with E-state index in [4.69, 9.17) is 9.84 Å². The van der Waals surface area contributed by atoms with E-state index in [9.17, 15) is 13.2 Å². The molecule has 7 nitrogen and oxygen atoms in total. The summed E-state index contributed by atoms with van der Waals surface area (Å²) in [5.74, 6) is -1.39. The van der Waals surface area contributed by atoms with Crippen LogP contribution < -0.4 is 0 Å². The van der Waals surface area contributed by atoms with Crippen LogP contribution in [0.5, 0.6) is 0 Å². The second-order valence-corrected chi connectivity index (χ2v) is 8.02. The van der Waals surface area contributed by atoms with Gasteiger partial charge in [0.15, 0.2) is 10.3 Å². The molecule has 2 rings (SSSR count). The Morgan fingerprint density at radius 3 is 2.50 bits per heavy atom. The molecule has 0 amide bonds. The van der Waals surface area contributed by atoms with Gasteiger partial charge in [-0.15, -0.1) is 11.3 Å². The second-order valence-electron chi connectivity index (χ2n) is 4.68. The number of sulfonamides is 1. The van der Waals surface area contributed by atoms with Crippen molar-refractivity contribution < 1.29 is 23.1 Å². The largest absolute Gasteiger partial charge is 0.479 e. The molecule has 1 aliphatic rings. The predicted molar refractivity (Wildman–Crippen MR) is 72.3 cm³/mol. The van der Waals surface area contributed by atoms with Crippen molar-refractivity contribution in [3.8, 4) is 0 Å². The first-order valence-electron chi connectivity index (χ1n) is 5.97. The number of carboxylic acid groups (broad SMARTS) is 1. The van der Waals surface area contributed by atoms with Gasteiger partial charge < -0.3 is 9.84 Å². The van der Waals surface area contributed by atoms with Crippen molar-refractivity contribution in [1.82, 2.24) is 9.29 Å². The van der Waals surface area contributed by atoms with Crippen LogP contribution in [-0.2, 0) is 19.6 Å². The van der Waals surface area contributed by atoms with Gasteiger partial charge in [-0.05, 0) is 13.8 Å². The lowest BCUT2D eigenvalue weighted by molar-refractivity contribution is -0.154. The Kier molecular flexibility index (Phi) is 4.14. The van der Waals surface area contributed by atoms with E-state index in [2.05, 4.69) is 4.98 Å². The summed E-state index contributed by atoms with van der Waals surface area (Å²) in [6.45, 7) is 3.72. The number of hydrogen-bond acceptors (Lipinski definition) is 6. The number of nitrogens with zero attached hydrogens (tertiary/aromatic N) is 2. The summed E-state index contributed by atoms with van der Waals surface area (Å²) < 4.78 is 31.1. The third-order valence-corrected chi connectivity index (χ3v) is 6.73. The molecule has 0 aliphatic carbocycles. The molecule has 1 fully saturated rings. The number of rotatable bonds is 5. The molecule has 0 spiro atoms. The van der Waals surface area contributed by atoms with Crippen LogP contribution in [0.2, 0.25) is 0 Å². The molecule has 1 unspecified atom stereocenters. The van der Waals surface area contributed by atoms with E-state index in [1.54, 1.807) is 13.8 Å². The van der Waals surface area contributed by atoms with E-state index in [0.29, 0.717) is 10.7 Å². The first kappa shape index (κ1) is 15.4. The van der Waals surface area contributed by atoms with E-state index in [1.807, 2.05) is 0 Å². The number of aromatic nitrogens is 1. The fourth-order valence-corrected chi connectivity index (χ4v) is 5.39. The van der Waals surface area contributed by atoms with Crippen LogP contribution in [0.3, 0.4) is 0 Å². The summed E-state index contributed by atoms with van der Waals surface area (Å²) in [6.07, 6.45) is -0.967. The van der Waals surface area contributed by atoms with Crippen molar-refractivity contribution in [1.29, 1.82) is 0 Å². The Morgan fingerprint density at radius 2 is 2.10 bits per heavy atom. The minimum absolute atomic E-state index is 0.156. The highest BCUT2D eigenvalue weighted by atomic mass is 32.2. The minimum atomic E-state index is -3.57. The lowest BCUT2D eigenvalue weighted by Gasteiger charge is -2.39. The van der Waals surface area contributed by atoms with Crippen molar-refractivity contribution in [2.75, 3.05) is 20.2 Å². The molecule has 1 aromatic rings. The van der Waals surface area contributed by atoms with Gasteiger partial charge in [0.25, 0.3) is 10.0 Å². The molecule has 1 N–H and O–H groups in total. The standard InChI is InChI=1S/C11H16N2O5S2/c1-6-11(19-7(2)12-6)20(16,17)13-4-8(5-13)9(18-3)10(14)15/h8-9H,4-5H2,1-3H3,(H,14,15). The van der Waals surface area contributed by atoms with Crippen LogP contribution in [0.15, 0.2) is 4.21 Å². The van der Waals surface area contributed by atoms with Gasteiger partial charge in [0.2, 0.25) is 0 Å². The van der Waals surface area contributed by atoms with Crippen LogP contribution >= 0.6 is 11.3 Å². The zero-order chi connectivity index (χ0) is 15.1. The Bertz CT molecular complexity index is 619. The number of carbonyl (C=O) groups is 1. The summed E-state index contributed by atoms with van der Waals surface area (Å²) in [6, 6.07) is 0. The van der Waals surface area contributed by atoms with Crippen LogP contribution in [0.4, 0.5) is 0 Å². The van der Waals surface area contributed by atoms with Crippen LogP contribution in [0.25, 0.3) is 0 Å². The van der Waals surface area contributed by atoms with Crippen LogP contribution in [-0.4, -0.2) is 55.1 Å². The van der Waals surface area contributed by atoms with Gasteiger partial charge in [0, 0.05) is 26.1 Å². The highest BCUT2D eigenvalue weighted by molar-refractivity contribution is 7.91. The van der Waals surface area contributed by atoms with Gasteiger partial charge in [0.05, 0.1) is 10.7 Å². The lowest BCUT2D eigenvalue weighted by atomic mass is 9.96. The normalized spacial score (nSPS) is 18.8. The van der Waals surface area contributed by atoms with E-state index >= 15 is 0 Å². The van der Waals surface area contributed by atoms with Gasteiger partial charge in [-0.1, -0.05) is 0 Å². The quantitative estimate of drug-likeness (QED) is 0.847. The fraction of sp³-hybridized carbons (Fsp3) is 0.636. The Labute approximate surface area is 121 Å². The summed E-state index contributed by atoms with van der Waals surface area (Å²) >= 11 is 1.13. The van der Waals surface area contributed by atoms with Crippen molar-refractivity contribution in [2.45, 2.75) is 24.2 Å². The number of thiazole rings is 1. The minimum Gasteiger partial charge on any atom is -0.479 e. The molecule has 0 radical (unpaired) electrons. The smallest absolute Gasteiger partial charge is 0.333 e. The van der Waals surface area contributed by atoms with E-state index < -0.39 is 22.1 Å². The Morgan fingerprint density at radius 1 is 1.50 bits per heavy atom. The molecule has 0 bridgehead atoms. The van der Waals surface area contributed by atoms with Crippen molar-refractivity contribution in [3.05, 3.63) is 10.7 Å². The van der Waals surface area contributed by atoms with E-state index in [-0.39, 0.29) is 23.2 Å². The molecule has 1 aliphatic heterocycles. The van der Waals surface area contributed by atoms with Crippen molar-refractivity contribution >= 4 is 27.3 Å². The van der Waals surface area contributed by atoms with Gasteiger partial charge in [0.1, 0.15) is 0 Å². The highest BCUT2D eigenvalue weighted by Crippen LogP contribution is 2.32. The summed E-state index contributed by atoms with van der Waals surface area (Å²) in [5.41, 5.74) is 0.484. The SMILES string of the molecule is COC(C(=O)O)C1CN(S(=O)(=O)c2sc(C)nc2C)C1. The summed E-state index contributed by atoms with van der Waals surface area (Å²) in [7, 11) is -2.26. The van der Waals surface area contributed by atoms with Gasteiger partial charge in [-0.25, -0.2) is 18.2 Å². The zero-order valence-electron chi connectivity index (χ0n) is 11.4. The Hall–Kier alpha value is -1.03. The average Bonchev–Trinajstić information content (AvgIpc) is 2.61. The van der Waals surface area contributed by atoms with E-state index in [0.717, 1.165) is 11.3 Å². The molecule has 112 valence electrons. The summed E-state index contributed by atoms with van der Waals surface area (Å²) in [4.78, 5) is 15.1. The van der Waals surface area contributed by atoms with Gasteiger partial charge >= 0.3 is 5.97 Å². The number of hydrogen-bond donors (Lipinski definition) is 1. The molecule has 0 saturated carbocycles. The number of aryl methyl sites for hydroxylation is 2. The molecular weight excluding hydrogens is 304 g/mol. The molecule has 9 heteroatoms. The molecule has 1 saturated heterocycles. The summed E-state index contributed by atoms with van der Waals surface area (Å²) in [5, 5.41) is 9.65. The topological polar surface area (TPSA) is 96.8 Å². The van der Waals surface area contributed by atoms with Crippen molar-refractivity contribution in [3.63, 3.8) is 0 Å². The zero-order valence-corrected chi connectivity index (χ0v) is 13.0. The third kappa shape index (κ3) is 2.58. The van der Waals surface area contributed by atoms with Crippen molar-refractivity contribution in [2.24, 2.45) is 5.92 Å². The molecule has 0 aromatic carbocycles. The van der Waals surface area contributed by atoms with Gasteiger partial charge in [-0.3, -0.25) is 0 Å². The average molecular weight is 320 g/mol. The fourth-order valence-electron chi connectivity index (χ4n) is 2.22. The first-order chi connectivity index (χ1) is 9.27.